The molecular formula is C27H19ClF3N5O2. The van der Waals surface area contributed by atoms with Crippen LogP contribution in [0.25, 0.3) is 16.6 Å². The van der Waals surface area contributed by atoms with Gasteiger partial charge in [-0.25, -0.2) is 0 Å². The average Bonchev–Trinajstić information content (AvgIpc) is 3.59. The van der Waals surface area contributed by atoms with Gasteiger partial charge in [-0.05, 0) is 60.9 Å². The third-order valence-corrected chi connectivity index (χ3v) is 6.63. The fraction of sp³-hybridized carbons (Fsp3) is 0.185. The van der Waals surface area contributed by atoms with E-state index in [2.05, 4.69) is 21.7 Å². The van der Waals surface area contributed by atoms with E-state index in [0.29, 0.717) is 35.8 Å². The number of rotatable bonds is 6. The summed E-state index contributed by atoms with van der Waals surface area (Å²) in [5.41, 5.74) is 0.338. The van der Waals surface area contributed by atoms with Crippen LogP contribution in [0.5, 0.6) is 0 Å². The van der Waals surface area contributed by atoms with Crippen LogP contribution in [0, 0.1) is 11.3 Å². The molecule has 1 saturated carbocycles. The van der Waals surface area contributed by atoms with Crippen molar-refractivity contribution in [3.05, 3.63) is 94.4 Å². The van der Waals surface area contributed by atoms with Crippen molar-refractivity contribution in [3.8, 4) is 11.8 Å². The summed E-state index contributed by atoms with van der Waals surface area (Å²) in [7, 11) is 0. The first-order valence-corrected chi connectivity index (χ1v) is 11.9. The number of amides is 2. The summed E-state index contributed by atoms with van der Waals surface area (Å²) in [4.78, 5) is 28.9. The summed E-state index contributed by atoms with van der Waals surface area (Å²) in [6, 6.07) is 17.3. The van der Waals surface area contributed by atoms with Crippen molar-refractivity contribution in [2.45, 2.75) is 31.1 Å². The second kappa shape index (κ2) is 9.50. The lowest BCUT2D eigenvalue weighted by Gasteiger charge is -2.18. The summed E-state index contributed by atoms with van der Waals surface area (Å²) >= 11 is 6.07. The summed E-state index contributed by atoms with van der Waals surface area (Å²) in [5.74, 6) is -1.22. The molecule has 11 heteroatoms. The Kier molecular flexibility index (Phi) is 6.33. The van der Waals surface area contributed by atoms with E-state index in [1.54, 1.807) is 18.2 Å². The second-order valence-corrected chi connectivity index (χ2v) is 9.46. The third kappa shape index (κ3) is 4.93. The largest absolute Gasteiger partial charge is 0.417 e. The van der Waals surface area contributed by atoms with Gasteiger partial charge in [0, 0.05) is 35.0 Å². The number of fused-ring (bicyclic) bond motifs is 1. The number of nitrogens with zero attached hydrogens (tertiary/aromatic N) is 3. The van der Waals surface area contributed by atoms with E-state index in [-0.39, 0.29) is 12.1 Å². The average molecular weight is 538 g/mol. The molecule has 0 atom stereocenters. The van der Waals surface area contributed by atoms with Crippen LogP contribution in [0.4, 0.5) is 13.2 Å². The van der Waals surface area contributed by atoms with Crippen LogP contribution < -0.4 is 10.6 Å². The fourth-order valence-corrected chi connectivity index (χ4v) is 4.38. The van der Waals surface area contributed by atoms with Gasteiger partial charge in [-0.2, -0.15) is 18.4 Å². The van der Waals surface area contributed by atoms with Crippen molar-refractivity contribution < 1.29 is 22.8 Å². The molecule has 2 heterocycles. The molecule has 0 aliphatic heterocycles. The van der Waals surface area contributed by atoms with Gasteiger partial charge in [0.1, 0.15) is 17.3 Å². The number of pyridine rings is 1. The van der Waals surface area contributed by atoms with E-state index < -0.39 is 29.1 Å². The molecule has 4 aromatic rings. The van der Waals surface area contributed by atoms with E-state index in [9.17, 15) is 28.0 Å². The molecular weight excluding hydrogens is 519 g/mol. The number of benzene rings is 2. The number of nitriles is 1. The van der Waals surface area contributed by atoms with Crippen molar-refractivity contribution in [3.63, 3.8) is 0 Å². The van der Waals surface area contributed by atoms with Gasteiger partial charge in [0.25, 0.3) is 5.91 Å². The maximum Gasteiger partial charge on any atom is 0.417 e. The van der Waals surface area contributed by atoms with Gasteiger partial charge < -0.3 is 15.2 Å². The van der Waals surface area contributed by atoms with Gasteiger partial charge in [0.15, 0.2) is 0 Å². The second-order valence-electron chi connectivity index (χ2n) is 9.03. The zero-order valence-corrected chi connectivity index (χ0v) is 20.4. The number of hydrogen-bond donors (Lipinski definition) is 2. The monoisotopic (exact) mass is 537 g/mol. The first kappa shape index (κ1) is 25.3. The lowest BCUT2D eigenvalue weighted by Crippen LogP contribution is -2.48. The van der Waals surface area contributed by atoms with E-state index in [1.165, 1.54) is 0 Å². The first-order valence-electron chi connectivity index (χ1n) is 11.5. The Bertz CT molecular complexity index is 1600. The minimum absolute atomic E-state index is 0.176. The molecule has 2 amide bonds. The van der Waals surface area contributed by atoms with E-state index >= 15 is 0 Å². The van der Waals surface area contributed by atoms with Crippen molar-refractivity contribution in [2.24, 2.45) is 0 Å². The molecule has 7 nitrogen and oxygen atoms in total. The van der Waals surface area contributed by atoms with Crippen molar-refractivity contribution in [1.82, 2.24) is 20.2 Å². The molecule has 0 radical (unpaired) electrons. The van der Waals surface area contributed by atoms with Crippen LogP contribution >= 0.6 is 11.6 Å². The number of nitrogens with one attached hydrogen (secondary N) is 2. The molecule has 1 fully saturated rings. The molecule has 192 valence electrons. The Morgan fingerprint density at radius 3 is 2.47 bits per heavy atom. The normalized spacial score (nSPS) is 14.1. The topological polar surface area (TPSA) is 99.8 Å². The Hall–Kier alpha value is -4.36. The SMILES string of the molecule is N#Cc1cc2cc(Cl)ccc2n1-c1ccc(CNC(=O)C2(NC(=O)c3cncc(C(F)(F)F)c3)CC2)cc1. The van der Waals surface area contributed by atoms with Crippen LogP contribution in [-0.2, 0) is 17.5 Å². The summed E-state index contributed by atoms with van der Waals surface area (Å²) in [5, 5.41) is 16.3. The summed E-state index contributed by atoms with van der Waals surface area (Å²) < 4.78 is 40.6. The minimum atomic E-state index is -4.63. The molecule has 0 unspecified atom stereocenters. The number of carbonyl (C=O) groups excluding carboxylic acids is 2. The number of hydrogen-bond acceptors (Lipinski definition) is 4. The van der Waals surface area contributed by atoms with Gasteiger partial charge in [-0.3, -0.25) is 14.6 Å². The van der Waals surface area contributed by atoms with Gasteiger partial charge >= 0.3 is 6.18 Å². The molecule has 2 aromatic carbocycles. The molecule has 2 N–H and O–H groups in total. The van der Waals surface area contributed by atoms with E-state index in [0.717, 1.165) is 28.4 Å². The fourth-order valence-electron chi connectivity index (χ4n) is 4.20. The van der Waals surface area contributed by atoms with Crippen LogP contribution in [0.3, 0.4) is 0 Å². The highest BCUT2D eigenvalue weighted by Gasteiger charge is 2.51. The molecule has 0 bridgehead atoms. The Balaban J connectivity index is 1.25. The van der Waals surface area contributed by atoms with Crippen LogP contribution in [0.2, 0.25) is 5.02 Å². The first-order chi connectivity index (χ1) is 18.1. The smallest absolute Gasteiger partial charge is 0.350 e. The van der Waals surface area contributed by atoms with Gasteiger partial charge in [0.2, 0.25) is 5.91 Å². The van der Waals surface area contributed by atoms with Gasteiger partial charge in [-0.1, -0.05) is 23.7 Å². The van der Waals surface area contributed by atoms with Crippen LogP contribution in [0.15, 0.2) is 67.0 Å². The number of carbonyl (C=O) groups is 2. The van der Waals surface area contributed by atoms with Gasteiger partial charge in [0.05, 0.1) is 16.6 Å². The van der Waals surface area contributed by atoms with E-state index in [4.69, 9.17) is 11.6 Å². The highest BCUT2D eigenvalue weighted by atomic mass is 35.5. The molecule has 0 saturated heterocycles. The Labute approximate surface area is 219 Å². The minimum Gasteiger partial charge on any atom is -0.350 e. The number of aromatic nitrogens is 2. The maximum atomic E-state index is 12.9. The number of halogens is 4. The predicted molar refractivity (Wildman–Crippen MR) is 134 cm³/mol. The zero-order chi connectivity index (χ0) is 27.1. The van der Waals surface area contributed by atoms with Crippen molar-refractivity contribution >= 4 is 34.3 Å². The lowest BCUT2D eigenvalue weighted by molar-refractivity contribution is -0.137. The quantitative estimate of drug-likeness (QED) is 0.355. The Morgan fingerprint density at radius 2 is 1.82 bits per heavy atom. The standard InChI is InChI=1S/C27H19ClF3N5O2/c28-20-3-6-23-17(10-20)11-22(12-32)36(23)21-4-1-16(2-5-21)13-34-25(38)26(7-8-26)35-24(37)18-9-19(15-33-14-18)27(29,30)31/h1-6,9-11,14-15H,7-8,13H2,(H,34,38)(H,35,37). The van der Waals surface area contributed by atoms with Crippen molar-refractivity contribution in [2.75, 3.05) is 0 Å². The third-order valence-electron chi connectivity index (χ3n) is 6.39. The van der Waals surface area contributed by atoms with Crippen LogP contribution in [-0.4, -0.2) is 26.9 Å². The molecule has 5 rings (SSSR count). The molecule has 1 aliphatic rings. The molecule has 2 aromatic heterocycles. The highest BCUT2D eigenvalue weighted by Crippen LogP contribution is 2.36. The lowest BCUT2D eigenvalue weighted by atomic mass is 10.1. The van der Waals surface area contributed by atoms with Gasteiger partial charge in [-0.15, -0.1) is 0 Å². The van der Waals surface area contributed by atoms with Crippen LogP contribution in [0.1, 0.15) is 40.0 Å². The van der Waals surface area contributed by atoms with E-state index in [1.807, 2.05) is 34.9 Å². The Morgan fingerprint density at radius 1 is 1.08 bits per heavy atom. The molecule has 1 aliphatic carbocycles. The maximum absolute atomic E-state index is 12.9. The van der Waals surface area contributed by atoms with Crippen molar-refractivity contribution in [1.29, 1.82) is 5.26 Å². The summed E-state index contributed by atoms with van der Waals surface area (Å²) in [6.45, 7) is 0.176. The molecule has 38 heavy (non-hydrogen) atoms. The zero-order valence-electron chi connectivity index (χ0n) is 19.6. The number of alkyl halides is 3. The molecule has 0 spiro atoms. The predicted octanol–water partition coefficient (Wildman–Crippen LogP) is 5.15. The highest BCUT2D eigenvalue weighted by molar-refractivity contribution is 6.31. The summed E-state index contributed by atoms with van der Waals surface area (Å²) in [6.07, 6.45) is -2.22.